The van der Waals surface area contributed by atoms with Gasteiger partial charge in [0.2, 0.25) is 0 Å². The predicted molar refractivity (Wildman–Crippen MR) is 99.6 cm³/mol. The minimum atomic E-state index is -1.05. The number of hydrogen-bond acceptors (Lipinski definition) is 7. The number of ketones is 1. The predicted octanol–water partition coefficient (Wildman–Crippen LogP) is 2.64. The number of Topliss-reactive ketones (excluding diaryl/α,β-unsaturated/α-hetero) is 1. The summed E-state index contributed by atoms with van der Waals surface area (Å²) < 4.78 is 4.89. The molecular formula is C18H16ClN3O4S. The molecule has 1 atom stereocenters. The van der Waals surface area contributed by atoms with Gasteiger partial charge in [-0.15, -0.1) is 11.3 Å². The summed E-state index contributed by atoms with van der Waals surface area (Å²) in [5.41, 5.74) is 1.13. The van der Waals surface area contributed by atoms with Crippen LogP contribution in [0.1, 0.15) is 33.4 Å². The number of hydrogen-bond donors (Lipinski definition) is 1. The van der Waals surface area contributed by atoms with Gasteiger partial charge in [0.25, 0.3) is 5.91 Å². The Hall–Kier alpha value is -2.76. The van der Waals surface area contributed by atoms with Crippen LogP contribution < -0.4 is 5.32 Å². The first-order chi connectivity index (χ1) is 12.9. The summed E-state index contributed by atoms with van der Waals surface area (Å²) in [6.07, 6.45) is -0.0970. The molecule has 27 heavy (non-hydrogen) atoms. The number of thiazole rings is 1. The van der Waals surface area contributed by atoms with Crippen LogP contribution in [0.15, 0.2) is 29.6 Å². The molecule has 0 saturated carbocycles. The van der Waals surface area contributed by atoms with Crippen molar-refractivity contribution in [3.05, 3.63) is 50.9 Å². The number of benzene rings is 1. The van der Waals surface area contributed by atoms with Crippen molar-refractivity contribution in [1.29, 1.82) is 5.26 Å². The van der Waals surface area contributed by atoms with Gasteiger partial charge in [-0.05, 0) is 31.2 Å². The van der Waals surface area contributed by atoms with E-state index >= 15 is 0 Å². The van der Waals surface area contributed by atoms with Gasteiger partial charge in [-0.2, -0.15) is 5.26 Å². The van der Waals surface area contributed by atoms with Crippen LogP contribution in [-0.4, -0.2) is 35.8 Å². The second-order valence-corrected chi connectivity index (χ2v) is 6.86. The molecule has 0 saturated heterocycles. The van der Waals surface area contributed by atoms with E-state index in [9.17, 15) is 14.4 Å². The number of rotatable bonds is 8. The Bertz CT molecular complexity index is 873. The molecule has 1 aromatic carbocycles. The van der Waals surface area contributed by atoms with Crippen molar-refractivity contribution in [2.45, 2.75) is 19.3 Å². The smallest absolute Gasteiger partial charge is 0.308 e. The van der Waals surface area contributed by atoms with Crippen LogP contribution >= 0.6 is 22.9 Å². The van der Waals surface area contributed by atoms with E-state index in [1.54, 1.807) is 36.6 Å². The van der Waals surface area contributed by atoms with E-state index in [-0.39, 0.29) is 18.9 Å². The van der Waals surface area contributed by atoms with Crippen LogP contribution in [0.25, 0.3) is 0 Å². The van der Waals surface area contributed by atoms with Crippen LogP contribution in [0.3, 0.4) is 0 Å². The second-order valence-electron chi connectivity index (χ2n) is 5.53. The molecule has 0 unspecified atom stereocenters. The van der Waals surface area contributed by atoms with Crippen LogP contribution in [-0.2, 0) is 14.3 Å². The minimum absolute atomic E-state index is 0.0574. The van der Waals surface area contributed by atoms with Crippen molar-refractivity contribution in [1.82, 2.24) is 10.3 Å². The van der Waals surface area contributed by atoms with Gasteiger partial charge < -0.3 is 10.1 Å². The van der Waals surface area contributed by atoms with E-state index in [2.05, 4.69) is 10.3 Å². The quantitative estimate of drug-likeness (QED) is 0.676. The Balaban J connectivity index is 1.74. The van der Waals surface area contributed by atoms with Gasteiger partial charge in [0.15, 0.2) is 18.3 Å². The molecule has 7 nitrogen and oxygen atoms in total. The average molecular weight is 406 g/mol. The third-order valence-electron chi connectivity index (χ3n) is 3.43. The molecule has 9 heteroatoms. The number of aryl methyl sites for hydroxylation is 1. The molecule has 2 aromatic rings. The summed E-state index contributed by atoms with van der Waals surface area (Å²) in [4.78, 5) is 39.8. The lowest BCUT2D eigenvalue weighted by Gasteiger charge is -2.08. The van der Waals surface area contributed by atoms with E-state index in [4.69, 9.17) is 21.6 Å². The van der Waals surface area contributed by atoms with Gasteiger partial charge in [0.05, 0.1) is 12.5 Å². The van der Waals surface area contributed by atoms with Gasteiger partial charge in [-0.1, -0.05) is 11.6 Å². The molecule has 0 aliphatic carbocycles. The first-order valence-electron chi connectivity index (χ1n) is 7.94. The second kappa shape index (κ2) is 9.80. The number of aromatic nitrogens is 1. The zero-order valence-electron chi connectivity index (χ0n) is 14.4. The Kier molecular flexibility index (Phi) is 7.46. The first-order valence-corrected chi connectivity index (χ1v) is 9.20. The molecule has 1 amide bonds. The van der Waals surface area contributed by atoms with Crippen LogP contribution in [0.2, 0.25) is 5.02 Å². The molecule has 1 heterocycles. The molecular weight excluding hydrogens is 390 g/mol. The standard InChI is InChI=1S/C18H16ClN3O4S/c1-11-10-27-18(22-11)14(8-20)15(23)9-26-16(24)6-7-21-17(25)12-2-4-13(19)5-3-12/h2-5,10,14H,6-7,9H2,1H3,(H,21,25)/t14-/m1/s1. The van der Waals surface area contributed by atoms with Gasteiger partial charge in [0, 0.05) is 28.2 Å². The topological polar surface area (TPSA) is 109 Å². The Labute approximate surface area is 164 Å². The Morgan fingerprint density at radius 2 is 2.04 bits per heavy atom. The van der Waals surface area contributed by atoms with Crippen LogP contribution in [0.4, 0.5) is 0 Å². The molecule has 0 spiro atoms. The lowest BCUT2D eigenvalue weighted by atomic mass is 10.1. The third kappa shape index (κ3) is 6.16. The molecule has 140 valence electrons. The molecule has 0 fully saturated rings. The fourth-order valence-electron chi connectivity index (χ4n) is 2.06. The normalized spacial score (nSPS) is 11.3. The van der Waals surface area contributed by atoms with Crippen molar-refractivity contribution in [3.63, 3.8) is 0 Å². The first kappa shape index (κ1) is 20.6. The summed E-state index contributed by atoms with van der Waals surface area (Å²) >= 11 is 6.96. The molecule has 0 radical (unpaired) electrons. The average Bonchev–Trinajstić information content (AvgIpc) is 3.07. The van der Waals surface area contributed by atoms with Crippen LogP contribution in [0, 0.1) is 18.3 Å². The maximum absolute atomic E-state index is 12.1. The van der Waals surface area contributed by atoms with E-state index in [1.807, 2.05) is 6.07 Å². The Morgan fingerprint density at radius 3 is 2.63 bits per heavy atom. The number of esters is 1. The highest BCUT2D eigenvalue weighted by Gasteiger charge is 2.24. The summed E-state index contributed by atoms with van der Waals surface area (Å²) in [5.74, 6) is -2.59. The van der Waals surface area contributed by atoms with Crippen molar-refractivity contribution < 1.29 is 19.1 Å². The van der Waals surface area contributed by atoms with E-state index < -0.39 is 24.3 Å². The fourth-order valence-corrected chi connectivity index (χ4v) is 3.05. The van der Waals surface area contributed by atoms with Crippen LogP contribution in [0.5, 0.6) is 0 Å². The zero-order valence-corrected chi connectivity index (χ0v) is 16.0. The van der Waals surface area contributed by atoms with Crippen molar-refractivity contribution in [2.75, 3.05) is 13.2 Å². The van der Waals surface area contributed by atoms with Gasteiger partial charge >= 0.3 is 5.97 Å². The number of nitriles is 1. The number of nitrogens with one attached hydrogen (secondary N) is 1. The van der Waals surface area contributed by atoms with Gasteiger partial charge in [0.1, 0.15) is 5.01 Å². The summed E-state index contributed by atoms with van der Waals surface area (Å²) in [7, 11) is 0. The maximum Gasteiger partial charge on any atom is 0.308 e. The number of carbonyl (C=O) groups excluding carboxylic acids is 3. The third-order valence-corrected chi connectivity index (χ3v) is 4.71. The number of nitrogens with zero attached hydrogens (tertiary/aromatic N) is 2. The number of carbonyl (C=O) groups is 3. The number of ether oxygens (including phenoxy) is 1. The highest BCUT2D eigenvalue weighted by molar-refractivity contribution is 7.09. The summed E-state index contributed by atoms with van der Waals surface area (Å²) in [5, 5.41) is 14.4. The van der Waals surface area contributed by atoms with Crippen molar-refractivity contribution >= 4 is 40.6 Å². The van der Waals surface area contributed by atoms with Crippen molar-refractivity contribution in [2.24, 2.45) is 0 Å². The lowest BCUT2D eigenvalue weighted by Crippen LogP contribution is -2.27. The van der Waals surface area contributed by atoms with E-state index in [0.717, 1.165) is 5.69 Å². The molecule has 0 aliphatic heterocycles. The fraction of sp³-hybridized carbons (Fsp3) is 0.278. The van der Waals surface area contributed by atoms with E-state index in [1.165, 1.54) is 11.3 Å². The lowest BCUT2D eigenvalue weighted by molar-refractivity contribution is -0.147. The van der Waals surface area contributed by atoms with Gasteiger partial charge in [-0.25, -0.2) is 4.98 Å². The molecule has 0 aliphatic rings. The van der Waals surface area contributed by atoms with Gasteiger partial charge in [-0.3, -0.25) is 14.4 Å². The molecule has 1 N–H and O–H groups in total. The van der Waals surface area contributed by atoms with Crippen molar-refractivity contribution in [3.8, 4) is 6.07 Å². The monoisotopic (exact) mass is 405 g/mol. The minimum Gasteiger partial charge on any atom is -0.458 e. The molecule has 1 aromatic heterocycles. The zero-order chi connectivity index (χ0) is 19.8. The highest BCUT2D eigenvalue weighted by Crippen LogP contribution is 2.20. The highest BCUT2D eigenvalue weighted by atomic mass is 35.5. The number of halogens is 1. The molecule has 2 rings (SSSR count). The van der Waals surface area contributed by atoms with E-state index in [0.29, 0.717) is 15.6 Å². The summed E-state index contributed by atoms with van der Waals surface area (Å²) in [6, 6.07) is 8.19. The molecule has 0 bridgehead atoms. The summed E-state index contributed by atoms with van der Waals surface area (Å²) in [6.45, 7) is 1.31. The maximum atomic E-state index is 12.1. The Morgan fingerprint density at radius 1 is 1.33 bits per heavy atom. The SMILES string of the molecule is Cc1csc([C@H](C#N)C(=O)COC(=O)CCNC(=O)c2ccc(Cl)cc2)n1. The number of amides is 1. The largest absolute Gasteiger partial charge is 0.458 e.